The number of methoxy groups -OCH3 is 1. The molecule has 1 aromatic carbocycles. The fourth-order valence-electron chi connectivity index (χ4n) is 3.98. The Kier molecular flexibility index (Phi) is 4.40. The van der Waals surface area contributed by atoms with Crippen LogP contribution in [0.1, 0.15) is 12.8 Å². The highest BCUT2D eigenvalue weighted by Gasteiger charge is 2.51. The maximum absolute atomic E-state index is 10.5. The van der Waals surface area contributed by atoms with Gasteiger partial charge in [-0.25, -0.2) is 4.98 Å². The van der Waals surface area contributed by atoms with E-state index in [0.29, 0.717) is 17.2 Å². The van der Waals surface area contributed by atoms with Gasteiger partial charge in [-0.1, -0.05) is 6.07 Å². The first-order chi connectivity index (χ1) is 14.2. The van der Waals surface area contributed by atoms with Crippen molar-refractivity contribution in [2.45, 2.75) is 24.5 Å². The number of anilines is 1. The van der Waals surface area contributed by atoms with Gasteiger partial charge in [0.25, 0.3) is 0 Å². The lowest BCUT2D eigenvalue weighted by atomic mass is 10.0. The van der Waals surface area contributed by atoms with E-state index in [1.807, 2.05) is 12.1 Å². The minimum atomic E-state index is -0.0471. The van der Waals surface area contributed by atoms with Crippen LogP contribution >= 0.6 is 0 Å². The Morgan fingerprint density at radius 2 is 2.10 bits per heavy atom. The van der Waals surface area contributed by atoms with Gasteiger partial charge < -0.3 is 20.1 Å². The van der Waals surface area contributed by atoms with E-state index in [-0.39, 0.29) is 17.4 Å². The van der Waals surface area contributed by atoms with Crippen LogP contribution in [-0.2, 0) is 4.74 Å². The van der Waals surface area contributed by atoms with Crippen LogP contribution in [0.4, 0.5) is 5.95 Å². The average Bonchev–Trinajstić information content (AvgIpc) is 3.38. The zero-order chi connectivity index (χ0) is 19.8. The number of rotatable bonds is 5. The van der Waals surface area contributed by atoms with E-state index in [9.17, 15) is 5.11 Å². The summed E-state index contributed by atoms with van der Waals surface area (Å²) in [6.45, 7) is 2.47. The van der Waals surface area contributed by atoms with Gasteiger partial charge in [-0.3, -0.25) is 5.10 Å². The Morgan fingerprint density at radius 1 is 1.21 bits per heavy atom. The molecule has 3 N–H and O–H groups in total. The third-order valence-electron chi connectivity index (χ3n) is 5.90. The molecule has 150 valence electrons. The van der Waals surface area contributed by atoms with Crippen molar-refractivity contribution in [3.63, 3.8) is 0 Å². The predicted molar refractivity (Wildman–Crippen MR) is 107 cm³/mol. The van der Waals surface area contributed by atoms with Crippen LogP contribution in [0.3, 0.4) is 0 Å². The maximum Gasteiger partial charge on any atom is 0.245 e. The molecule has 0 radical (unpaired) electrons. The maximum atomic E-state index is 10.5. The lowest BCUT2D eigenvalue weighted by Gasteiger charge is -2.37. The molecule has 2 aromatic heterocycles. The second-order valence-electron chi connectivity index (χ2n) is 7.58. The number of nitrogens with zero attached hydrogens (tertiary/aromatic N) is 5. The van der Waals surface area contributed by atoms with E-state index < -0.39 is 0 Å². The summed E-state index contributed by atoms with van der Waals surface area (Å²) < 4.78 is 5.72. The van der Waals surface area contributed by atoms with Crippen LogP contribution < -0.4 is 10.2 Å². The fourth-order valence-corrected chi connectivity index (χ4v) is 3.98. The van der Waals surface area contributed by atoms with Gasteiger partial charge in [0.1, 0.15) is 11.4 Å². The van der Waals surface area contributed by atoms with E-state index in [2.05, 4.69) is 35.6 Å². The van der Waals surface area contributed by atoms with E-state index in [0.717, 1.165) is 43.6 Å². The highest BCUT2D eigenvalue weighted by atomic mass is 16.5. The lowest BCUT2D eigenvalue weighted by molar-refractivity contribution is 0.0440. The summed E-state index contributed by atoms with van der Waals surface area (Å²) >= 11 is 0. The van der Waals surface area contributed by atoms with Crippen molar-refractivity contribution in [1.82, 2.24) is 30.7 Å². The quantitative estimate of drug-likeness (QED) is 0.599. The number of aromatic amines is 1. The molecule has 3 heterocycles. The molecule has 1 aliphatic carbocycles. The molecule has 0 bridgehead atoms. The summed E-state index contributed by atoms with van der Waals surface area (Å²) in [4.78, 5) is 6.65. The van der Waals surface area contributed by atoms with Gasteiger partial charge >= 0.3 is 0 Å². The molecule has 1 saturated heterocycles. The monoisotopic (exact) mass is 393 g/mol. The van der Waals surface area contributed by atoms with Gasteiger partial charge in [0.2, 0.25) is 5.95 Å². The number of ether oxygens (including phenoxy) is 1. The molecule has 0 spiro atoms. The van der Waals surface area contributed by atoms with Crippen LogP contribution in [0.2, 0.25) is 0 Å². The van der Waals surface area contributed by atoms with E-state index in [1.54, 1.807) is 31.8 Å². The first-order valence-corrected chi connectivity index (χ1v) is 9.74. The molecule has 9 heteroatoms. The Labute approximate surface area is 168 Å². The summed E-state index contributed by atoms with van der Waals surface area (Å²) in [5, 5.41) is 29.4. The summed E-state index contributed by atoms with van der Waals surface area (Å²) in [6, 6.07) is 5.69. The van der Waals surface area contributed by atoms with Crippen molar-refractivity contribution >= 4 is 5.95 Å². The summed E-state index contributed by atoms with van der Waals surface area (Å²) in [5.41, 5.74) is 2.86. The van der Waals surface area contributed by atoms with Crippen molar-refractivity contribution < 1.29 is 9.84 Å². The van der Waals surface area contributed by atoms with Crippen molar-refractivity contribution in [3.05, 3.63) is 36.8 Å². The van der Waals surface area contributed by atoms with Crippen molar-refractivity contribution in [2.24, 2.45) is 0 Å². The van der Waals surface area contributed by atoms with Crippen molar-refractivity contribution in [3.8, 4) is 28.1 Å². The number of hydrogen-bond acceptors (Lipinski definition) is 8. The minimum absolute atomic E-state index is 0.0471. The SMILES string of the molecule is COC1(C2CN(c3ncc(-c4ccc(-c5cn[nH]c5)cc4O)nn3)CCN2)CC1. The van der Waals surface area contributed by atoms with E-state index in [1.165, 1.54) is 0 Å². The van der Waals surface area contributed by atoms with E-state index in [4.69, 9.17) is 4.74 Å². The molecule has 1 unspecified atom stereocenters. The Hall–Kier alpha value is -3.04. The first kappa shape index (κ1) is 18.0. The Morgan fingerprint density at radius 3 is 2.76 bits per heavy atom. The molecule has 2 aliphatic rings. The second-order valence-corrected chi connectivity index (χ2v) is 7.58. The topological polar surface area (TPSA) is 112 Å². The van der Waals surface area contributed by atoms with Crippen LogP contribution in [0.25, 0.3) is 22.4 Å². The summed E-state index contributed by atoms with van der Waals surface area (Å²) in [6.07, 6.45) is 7.32. The number of aromatic nitrogens is 5. The zero-order valence-electron chi connectivity index (χ0n) is 16.2. The standard InChI is InChI=1S/C20H23N7O2/c1-29-20(4-5-20)18-12-27(7-6-21-18)19-22-11-16(25-26-19)15-3-2-13(8-17(15)28)14-9-23-24-10-14/h2-3,8-11,18,21,28H,4-7,12H2,1H3,(H,23,24). The number of piperazine rings is 1. The lowest BCUT2D eigenvalue weighted by Crippen LogP contribution is -2.57. The second kappa shape index (κ2) is 7.09. The number of H-pyrrole nitrogens is 1. The van der Waals surface area contributed by atoms with Crippen molar-refractivity contribution in [2.75, 3.05) is 31.6 Å². The van der Waals surface area contributed by atoms with Gasteiger partial charge in [-0.2, -0.15) is 5.10 Å². The third kappa shape index (κ3) is 3.32. The molecule has 5 rings (SSSR count). The van der Waals surface area contributed by atoms with Gasteiger partial charge in [0.05, 0.1) is 24.0 Å². The van der Waals surface area contributed by atoms with Gasteiger partial charge in [0.15, 0.2) is 0 Å². The molecule has 1 atom stereocenters. The number of benzene rings is 1. The molecule has 29 heavy (non-hydrogen) atoms. The van der Waals surface area contributed by atoms with Gasteiger partial charge in [-0.05, 0) is 30.5 Å². The van der Waals surface area contributed by atoms with Crippen molar-refractivity contribution in [1.29, 1.82) is 0 Å². The molecule has 1 aliphatic heterocycles. The highest BCUT2D eigenvalue weighted by Crippen LogP contribution is 2.43. The fraction of sp³-hybridized carbons (Fsp3) is 0.400. The molecular formula is C20H23N7O2. The number of phenolic OH excluding ortho intramolecular Hbond substituents is 1. The highest BCUT2D eigenvalue weighted by molar-refractivity contribution is 5.73. The van der Waals surface area contributed by atoms with Crippen LogP contribution in [-0.4, -0.2) is 68.9 Å². The predicted octanol–water partition coefficient (Wildman–Crippen LogP) is 1.59. The van der Waals surface area contributed by atoms with E-state index >= 15 is 0 Å². The first-order valence-electron chi connectivity index (χ1n) is 9.74. The summed E-state index contributed by atoms with van der Waals surface area (Å²) in [7, 11) is 1.78. The average molecular weight is 393 g/mol. The van der Waals surface area contributed by atoms with Crippen LogP contribution in [0.5, 0.6) is 5.75 Å². The molecule has 1 saturated carbocycles. The summed E-state index contributed by atoms with van der Waals surface area (Å²) in [5.74, 6) is 0.729. The Balaban J connectivity index is 1.34. The molecule has 3 aromatic rings. The molecular weight excluding hydrogens is 370 g/mol. The number of aromatic hydroxyl groups is 1. The van der Waals surface area contributed by atoms with Gasteiger partial charge in [-0.15, -0.1) is 10.2 Å². The minimum Gasteiger partial charge on any atom is -0.507 e. The van der Waals surface area contributed by atoms with Gasteiger partial charge in [0, 0.05) is 44.1 Å². The smallest absolute Gasteiger partial charge is 0.245 e. The molecule has 0 amide bonds. The number of nitrogens with one attached hydrogen (secondary N) is 2. The zero-order valence-corrected chi connectivity index (χ0v) is 16.2. The third-order valence-corrected chi connectivity index (χ3v) is 5.90. The Bertz CT molecular complexity index is 987. The largest absolute Gasteiger partial charge is 0.507 e. The van der Waals surface area contributed by atoms with Crippen LogP contribution in [0.15, 0.2) is 36.8 Å². The molecule has 2 fully saturated rings. The number of phenols is 1. The normalized spacial score (nSPS) is 20.6. The van der Waals surface area contributed by atoms with Crippen LogP contribution in [0, 0.1) is 0 Å². The number of hydrogen-bond donors (Lipinski definition) is 3. The molecule has 9 nitrogen and oxygen atoms in total.